The topological polar surface area (TPSA) is 34.9 Å². The summed E-state index contributed by atoms with van der Waals surface area (Å²) in [6, 6.07) is 14.4. The van der Waals surface area contributed by atoms with Crippen molar-refractivity contribution in [3.05, 3.63) is 70.3 Å². The molecule has 0 aliphatic heterocycles. The van der Waals surface area contributed by atoms with E-state index in [1.807, 2.05) is 25.1 Å². The first-order chi connectivity index (χ1) is 9.72. The minimum Gasteiger partial charge on any atom is -0.268 e. The van der Waals surface area contributed by atoms with Gasteiger partial charge in [-0.25, -0.2) is 9.37 Å². The first-order valence-corrected chi connectivity index (χ1v) is 6.35. The highest BCUT2D eigenvalue weighted by molar-refractivity contribution is 5.77. The van der Waals surface area contributed by atoms with Crippen LogP contribution in [0.4, 0.5) is 4.39 Å². The van der Waals surface area contributed by atoms with Gasteiger partial charge in [-0.05, 0) is 30.7 Å². The minimum atomic E-state index is -0.783. The van der Waals surface area contributed by atoms with Gasteiger partial charge in [-0.2, -0.15) is 0 Å². The Morgan fingerprint density at radius 1 is 1.10 bits per heavy atom. The number of aromatic nitrogens is 2. The molecular weight excluding hydrogens is 255 g/mol. The Kier molecular flexibility index (Phi) is 3.06. The van der Waals surface area contributed by atoms with Crippen molar-refractivity contribution in [3.63, 3.8) is 0 Å². The van der Waals surface area contributed by atoms with Crippen LogP contribution in [-0.4, -0.2) is 9.55 Å². The summed E-state index contributed by atoms with van der Waals surface area (Å²) in [5, 5.41) is 0.493. The van der Waals surface area contributed by atoms with E-state index in [1.165, 1.54) is 4.57 Å². The first kappa shape index (κ1) is 12.5. The zero-order valence-electron chi connectivity index (χ0n) is 11.0. The molecule has 3 nitrogen and oxygen atoms in total. The number of aryl methyl sites for hydroxylation is 1. The predicted octanol–water partition coefficient (Wildman–Crippen LogP) is 3.16. The molecule has 4 heteroatoms. The fourth-order valence-corrected chi connectivity index (χ4v) is 2.33. The molecule has 0 atom stereocenters. The molecule has 0 unspecified atom stereocenters. The molecule has 0 amide bonds. The van der Waals surface area contributed by atoms with E-state index in [0.29, 0.717) is 16.6 Å². The third-order valence-corrected chi connectivity index (χ3v) is 3.32. The molecule has 1 aromatic heterocycles. The van der Waals surface area contributed by atoms with E-state index < -0.39 is 6.67 Å². The molecule has 0 aliphatic rings. The highest BCUT2D eigenvalue weighted by atomic mass is 19.1. The van der Waals surface area contributed by atoms with Gasteiger partial charge in [-0.3, -0.25) is 9.36 Å². The summed E-state index contributed by atoms with van der Waals surface area (Å²) in [5.74, 6) is 0.128. The number of alkyl halides is 1. The van der Waals surface area contributed by atoms with Crippen molar-refractivity contribution >= 4 is 10.9 Å². The van der Waals surface area contributed by atoms with Gasteiger partial charge in [0.1, 0.15) is 12.5 Å². The summed E-state index contributed by atoms with van der Waals surface area (Å²) in [6.07, 6.45) is 0. The number of fused-ring (bicyclic) bond motifs is 1. The summed E-state index contributed by atoms with van der Waals surface area (Å²) in [4.78, 5) is 16.9. The Morgan fingerprint density at radius 3 is 2.55 bits per heavy atom. The molecule has 0 saturated heterocycles. The maximum absolute atomic E-state index is 13.3. The Balaban J connectivity index is 2.43. The maximum Gasteiger partial charge on any atom is 0.266 e. The number of para-hydroxylation sites is 2. The molecule has 0 spiro atoms. The van der Waals surface area contributed by atoms with Gasteiger partial charge in [-0.1, -0.05) is 30.3 Å². The lowest BCUT2D eigenvalue weighted by Crippen LogP contribution is -2.24. The highest BCUT2D eigenvalue weighted by Gasteiger charge is 2.13. The third-order valence-electron chi connectivity index (χ3n) is 3.32. The molecular formula is C16H13FN2O. The lowest BCUT2D eigenvalue weighted by molar-refractivity contribution is 0.457. The number of rotatable bonds is 2. The molecule has 0 aliphatic carbocycles. The number of hydrogen-bond donors (Lipinski definition) is 0. The summed E-state index contributed by atoms with van der Waals surface area (Å²) in [5.41, 5.74) is 1.86. The summed E-state index contributed by atoms with van der Waals surface area (Å²) in [6.45, 7) is 1.10. The smallest absolute Gasteiger partial charge is 0.266 e. The van der Waals surface area contributed by atoms with Crippen molar-refractivity contribution in [1.82, 2.24) is 9.55 Å². The maximum atomic E-state index is 13.3. The monoisotopic (exact) mass is 268 g/mol. The second-order valence-electron chi connectivity index (χ2n) is 4.61. The third kappa shape index (κ3) is 1.90. The highest BCUT2D eigenvalue weighted by Crippen LogP contribution is 2.16. The zero-order chi connectivity index (χ0) is 14.1. The molecule has 3 rings (SSSR count). The number of halogens is 1. The fraction of sp³-hybridized carbons (Fsp3) is 0.125. The number of benzene rings is 2. The van der Waals surface area contributed by atoms with Crippen LogP contribution in [0.25, 0.3) is 16.6 Å². The Hall–Kier alpha value is -2.49. The average molecular weight is 268 g/mol. The largest absolute Gasteiger partial charge is 0.268 e. The molecule has 1 heterocycles. The molecule has 0 radical (unpaired) electrons. The standard InChI is InChI=1S/C16H13FN2O/c1-11-6-2-5-9-14(11)19-15(10-17)18-13-8-4-3-7-12(13)16(19)20/h2-9H,10H2,1H3. The molecule has 0 bridgehead atoms. The quantitative estimate of drug-likeness (QED) is 0.715. The molecule has 0 fully saturated rings. The van der Waals surface area contributed by atoms with Crippen LogP contribution in [0.1, 0.15) is 11.4 Å². The van der Waals surface area contributed by atoms with E-state index in [4.69, 9.17) is 0 Å². The van der Waals surface area contributed by atoms with Gasteiger partial charge in [0.25, 0.3) is 5.56 Å². The molecule has 0 saturated carbocycles. The van der Waals surface area contributed by atoms with Gasteiger partial charge < -0.3 is 0 Å². The number of hydrogen-bond acceptors (Lipinski definition) is 2. The molecule has 3 aromatic rings. The van der Waals surface area contributed by atoms with Crippen LogP contribution >= 0.6 is 0 Å². The second-order valence-corrected chi connectivity index (χ2v) is 4.61. The van der Waals surface area contributed by atoms with Crippen molar-refractivity contribution in [2.45, 2.75) is 13.6 Å². The average Bonchev–Trinajstić information content (AvgIpc) is 2.48. The molecule has 20 heavy (non-hydrogen) atoms. The molecule has 0 N–H and O–H groups in total. The van der Waals surface area contributed by atoms with Crippen molar-refractivity contribution in [3.8, 4) is 5.69 Å². The molecule has 2 aromatic carbocycles. The van der Waals surface area contributed by atoms with Crippen LogP contribution in [0, 0.1) is 6.92 Å². The van der Waals surface area contributed by atoms with E-state index in [0.717, 1.165) is 5.56 Å². The summed E-state index contributed by atoms with van der Waals surface area (Å²) in [7, 11) is 0. The Bertz CT molecular complexity index is 839. The number of nitrogens with zero attached hydrogens (tertiary/aromatic N) is 2. The fourth-order valence-electron chi connectivity index (χ4n) is 2.33. The van der Waals surface area contributed by atoms with Crippen LogP contribution in [0.2, 0.25) is 0 Å². The Morgan fingerprint density at radius 2 is 1.80 bits per heavy atom. The van der Waals surface area contributed by atoms with E-state index in [-0.39, 0.29) is 11.4 Å². The van der Waals surface area contributed by atoms with Crippen molar-refractivity contribution in [1.29, 1.82) is 0 Å². The van der Waals surface area contributed by atoms with Crippen molar-refractivity contribution in [2.75, 3.05) is 0 Å². The van der Waals surface area contributed by atoms with Gasteiger partial charge in [0, 0.05) is 0 Å². The van der Waals surface area contributed by atoms with Gasteiger partial charge in [0.15, 0.2) is 0 Å². The minimum absolute atomic E-state index is 0.128. The van der Waals surface area contributed by atoms with Gasteiger partial charge in [-0.15, -0.1) is 0 Å². The normalized spacial score (nSPS) is 10.9. The SMILES string of the molecule is Cc1ccccc1-n1c(CF)nc2ccccc2c1=O. The predicted molar refractivity (Wildman–Crippen MR) is 76.9 cm³/mol. The van der Waals surface area contributed by atoms with E-state index in [1.54, 1.807) is 30.3 Å². The van der Waals surface area contributed by atoms with E-state index in [2.05, 4.69) is 4.98 Å². The summed E-state index contributed by atoms with van der Waals surface area (Å²) < 4.78 is 14.6. The van der Waals surface area contributed by atoms with Crippen molar-refractivity contribution < 1.29 is 4.39 Å². The second kappa shape index (κ2) is 4.89. The lowest BCUT2D eigenvalue weighted by atomic mass is 10.2. The summed E-state index contributed by atoms with van der Waals surface area (Å²) >= 11 is 0. The van der Waals surface area contributed by atoms with Crippen LogP contribution in [0.5, 0.6) is 0 Å². The lowest BCUT2D eigenvalue weighted by Gasteiger charge is -2.13. The van der Waals surface area contributed by atoms with Gasteiger partial charge in [0.2, 0.25) is 0 Å². The van der Waals surface area contributed by atoms with Crippen LogP contribution in [-0.2, 0) is 6.67 Å². The van der Waals surface area contributed by atoms with Crippen molar-refractivity contribution in [2.24, 2.45) is 0 Å². The van der Waals surface area contributed by atoms with Crippen LogP contribution < -0.4 is 5.56 Å². The van der Waals surface area contributed by atoms with E-state index in [9.17, 15) is 9.18 Å². The molecule has 100 valence electrons. The van der Waals surface area contributed by atoms with Crippen LogP contribution in [0.15, 0.2) is 53.3 Å². The zero-order valence-corrected chi connectivity index (χ0v) is 11.0. The van der Waals surface area contributed by atoms with Gasteiger partial charge >= 0.3 is 0 Å². The van der Waals surface area contributed by atoms with E-state index >= 15 is 0 Å². The van der Waals surface area contributed by atoms with Crippen LogP contribution in [0.3, 0.4) is 0 Å². The first-order valence-electron chi connectivity index (χ1n) is 6.35. The Labute approximate surface area is 115 Å². The van der Waals surface area contributed by atoms with Gasteiger partial charge in [0.05, 0.1) is 16.6 Å².